The van der Waals surface area contributed by atoms with Crippen LogP contribution in [0.15, 0.2) is 15.0 Å². The Balaban J connectivity index is 2.39. The zero-order chi connectivity index (χ0) is 14.0. The molecule has 0 amide bonds. The summed E-state index contributed by atoms with van der Waals surface area (Å²) in [5.74, 6) is 1.06. The summed E-state index contributed by atoms with van der Waals surface area (Å²) in [4.78, 5) is 20.1. The number of nitrogens with zero attached hydrogens (tertiary/aromatic N) is 4. The summed E-state index contributed by atoms with van der Waals surface area (Å²) in [7, 11) is 0. The van der Waals surface area contributed by atoms with Crippen molar-refractivity contribution in [1.29, 1.82) is 0 Å². The van der Waals surface area contributed by atoms with Crippen molar-refractivity contribution in [3.8, 4) is 0 Å². The van der Waals surface area contributed by atoms with E-state index in [9.17, 15) is 4.79 Å². The third kappa shape index (κ3) is 2.78. The minimum Gasteiger partial charge on any atom is -0.383 e. The maximum Gasteiger partial charge on any atom is 0.343 e. The van der Waals surface area contributed by atoms with E-state index < -0.39 is 0 Å². The van der Waals surface area contributed by atoms with Gasteiger partial charge in [-0.15, -0.1) is 5.10 Å². The molecule has 2 aromatic heterocycles. The molecule has 19 heavy (non-hydrogen) atoms. The number of anilines is 1. The molecule has 0 aliphatic carbocycles. The van der Waals surface area contributed by atoms with Crippen molar-refractivity contribution in [3.63, 3.8) is 0 Å². The summed E-state index contributed by atoms with van der Waals surface area (Å²) in [6.07, 6.45) is 0.858. The van der Waals surface area contributed by atoms with Crippen LogP contribution in [0, 0.1) is 13.8 Å². The SMILES string of the molecule is CCCn1c(Sc2nc(C)nc(N)c2C)n[nH]c1=O. The Morgan fingerprint density at radius 2 is 2.11 bits per heavy atom. The molecular weight excluding hydrogens is 264 g/mol. The summed E-state index contributed by atoms with van der Waals surface area (Å²) in [5, 5.41) is 7.78. The second-order valence-corrected chi connectivity index (χ2v) is 5.11. The van der Waals surface area contributed by atoms with Crippen molar-refractivity contribution in [3.05, 3.63) is 21.9 Å². The van der Waals surface area contributed by atoms with Crippen LogP contribution < -0.4 is 11.4 Å². The highest BCUT2D eigenvalue weighted by molar-refractivity contribution is 7.99. The first-order valence-electron chi connectivity index (χ1n) is 5.96. The Hall–Kier alpha value is -1.83. The van der Waals surface area contributed by atoms with Gasteiger partial charge in [-0.25, -0.2) is 19.9 Å². The van der Waals surface area contributed by atoms with E-state index in [1.165, 1.54) is 11.8 Å². The molecule has 0 fully saturated rings. The number of aryl methyl sites for hydroxylation is 1. The van der Waals surface area contributed by atoms with Crippen molar-refractivity contribution >= 4 is 17.6 Å². The van der Waals surface area contributed by atoms with Gasteiger partial charge in [0.25, 0.3) is 0 Å². The van der Waals surface area contributed by atoms with Gasteiger partial charge in [0, 0.05) is 12.1 Å². The van der Waals surface area contributed by atoms with E-state index in [-0.39, 0.29) is 5.69 Å². The van der Waals surface area contributed by atoms with E-state index in [4.69, 9.17) is 5.73 Å². The minimum atomic E-state index is -0.208. The average Bonchev–Trinajstić information content (AvgIpc) is 2.68. The average molecular weight is 280 g/mol. The first-order chi connectivity index (χ1) is 9.02. The van der Waals surface area contributed by atoms with Gasteiger partial charge in [-0.2, -0.15) is 0 Å². The molecule has 0 atom stereocenters. The van der Waals surface area contributed by atoms with Crippen LogP contribution in [0.5, 0.6) is 0 Å². The molecule has 0 aromatic carbocycles. The highest BCUT2D eigenvalue weighted by atomic mass is 32.2. The normalized spacial score (nSPS) is 10.9. The number of H-pyrrole nitrogens is 1. The molecule has 0 aliphatic heterocycles. The molecule has 2 aromatic rings. The fourth-order valence-electron chi connectivity index (χ4n) is 1.61. The lowest BCUT2D eigenvalue weighted by molar-refractivity contribution is 0.603. The molecule has 0 saturated heterocycles. The smallest absolute Gasteiger partial charge is 0.343 e. The highest BCUT2D eigenvalue weighted by Gasteiger charge is 2.14. The van der Waals surface area contributed by atoms with Crippen molar-refractivity contribution in [2.75, 3.05) is 5.73 Å². The van der Waals surface area contributed by atoms with Crippen molar-refractivity contribution < 1.29 is 0 Å². The fraction of sp³-hybridized carbons (Fsp3) is 0.455. The third-order valence-electron chi connectivity index (χ3n) is 2.61. The molecule has 0 saturated carbocycles. The molecule has 2 rings (SSSR count). The predicted octanol–water partition coefficient (Wildman–Crippen LogP) is 1.12. The number of aromatic amines is 1. The maximum atomic E-state index is 11.6. The number of hydrogen-bond donors (Lipinski definition) is 2. The Morgan fingerprint density at radius 3 is 2.79 bits per heavy atom. The van der Waals surface area contributed by atoms with Gasteiger partial charge in [0.2, 0.25) is 0 Å². The van der Waals surface area contributed by atoms with Crippen LogP contribution in [0.3, 0.4) is 0 Å². The first kappa shape index (κ1) is 13.6. The van der Waals surface area contributed by atoms with Crippen LogP contribution in [-0.2, 0) is 6.54 Å². The summed E-state index contributed by atoms with van der Waals surface area (Å²) in [6.45, 7) is 6.26. The van der Waals surface area contributed by atoms with E-state index in [0.717, 1.165) is 17.0 Å². The van der Waals surface area contributed by atoms with Crippen LogP contribution in [0.2, 0.25) is 0 Å². The second-order valence-electron chi connectivity index (χ2n) is 4.15. The molecule has 2 heterocycles. The molecule has 102 valence electrons. The van der Waals surface area contributed by atoms with Crippen LogP contribution in [0.4, 0.5) is 5.82 Å². The summed E-state index contributed by atoms with van der Waals surface area (Å²) < 4.78 is 1.59. The van der Waals surface area contributed by atoms with Crippen molar-refractivity contribution in [1.82, 2.24) is 24.7 Å². The Bertz CT molecular complexity index is 647. The van der Waals surface area contributed by atoms with Crippen molar-refractivity contribution in [2.24, 2.45) is 0 Å². The topological polar surface area (TPSA) is 102 Å². The molecule has 8 heteroatoms. The molecule has 0 unspecified atom stereocenters. The number of rotatable bonds is 4. The van der Waals surface area contributed by atoms with Crippen LogP contribution >= 0.6 is 11.8 Å². The van der Waals surface area contributed by atoms with Crippen LogP contribution in [0.1, 0.15) is 24.7 Å². The lowest BCUT2D eigenvalue weighted by atomic mass is 10.3. The lowest BCUT2D eigenvalue weighted by Crippen LogP contribution is -2.17. The van der Waals surface area contributed by atoms with Gasteiger partial charge < -0.3 is 5.73 Å². The largest absolute Gasteiger partial charge is 0.383 e. The fourth-order valence-corrected chi connectivity index (χ4v) is 2.60. The predicted molar refractivity (Wildman–Crippen MR) is 73.2 cm³/mol. The van der Waals surface area contributed by atoms with Gasteiger partial charge in [-0.1, -0.05) is 6.92 Å². The quantitative estimate of drug-likeness (QED) is 0.814. The second kappa shape index (κ2) is 5.43. The Morgan fingerprint density at radius 1 is 1.37 bits per heavy atom. The molecule has 3 N–H and O–H groups in total. The monoisotopic (exact) mass is 280 g/mol. The van der Waals surface area contributed by atoms with Gasteiger partial charge in [0.1, 0.15) is 16.7 Å². The zero-order valence-corrected chi connectivity index (χ0v) is 11.9. The zero-order valence-electron chi connectivity index (χ0n) is 11.1. The number of nitrogen functional groups attached to an aromatic ring is 1. The molecule has 0 aliphatic rings. The summed E-state index contributed by atoms with van der Waals surface area (Å²) >= 11 is 1.32. The standard InChI is InChI=1S/C11H16N6OS/c1-4-5-17-10(18)15-16-11(17)19-9-6(2)8(12)13-7(3)14-9/h4-5H2,1-3H3,(H,15,18)(H2,12,13,14). The van der Waals surface area contributed by atoms with Gasteiger partial charge in [-0.3, -0.25) is 4.57 Å². The van der Waals surface area contributed by atoms with E-state index in [0.29, 0.717) is 23.3 Å². The van der Waals surface area contributed by atoms with Crippen LogP contribution in [-0.4, -0.2) is 24.7 Å². The van der Waals surface area contributed by atoms with Crippen LogP contribution in [0.25, 0.3) is 0 Å². The van der Waals surface area contributed by atoms with E-state index >= 15 is 0 Å². The Labute approximate surface area is 114 Å². The van der Waals surface area contributed by atoms with E-state index in [1.807, 2.05) is 13.8 Å². The first-order valence-corrected chi connectivity index (χ1v) is 6.78. The third-order valence-corrected chi connectivity index (χ3v) is 3.69. The highest BCUT2D eigenvalue weighted by Crippen LogP contribution is 2.28. The molecule has 0 radical (unpaired) electrons. The number of nitrogens with two attached hydrogens (primary N) is 1. The van der Waals surface area contributed by atoms with Crippen molar-refractivity contribution in [2.45, 2.75) is 43.9 Å². The van der Waals surface area contributed by atoms with E-state index in [1.54, 1.807) is 11.5 Å². The Kier molecular flexibility index (Phi) is 3.89. The molecular formula is C11H16N6OS. The molecule has 0 bridgehead atoms. The maximum absolute atomic E-state index is 11.6. The van der Waals surface area contributed by atoms with Gasteiger partial charge in [0.15, 0.2) is 5.16 Å². The van der Waals surface area contributed by atoms with Gasteiger partial charge >= 0.3 is 5.69 Å². The molecule has 0 spiro atoms. The molecule has 7 nitrogen and oxygen atoms in total. The number of hydrogen-bond acceptors (Lipinski definition) is 6. The van der Waals surface area contributed by atoms with E-state index in [2.05, 4.69) is 20.2 Å². The lowest BCUT2D eigenvalue weighted by Gasteiger charge is -2.08. The van der Waals surface area contributed by atoms with Gasteiger partial charge in [0.05, 0.1) is 0 Å². The minimum absolute atomic E-state index is 0.208. The summed E-state index contributed by atoms with van der Waals surface area (Å²) in [5.41, 5.74) is 6.41. The van der Waals surface area contributed by atoms with Gasteiger partial charge in [-0.05, 0) is 32.0 Å². The summed E-state index contributed by atoms with van der Waals surface area (Å²) in [6, 6.07) is 0. The number of aromatic nitrogens is 5. The number of nitrogens with one attached hydrogen (secondary N) is 1.